The number of methoxy groups -OCH3 is 1. The van der Waals surface area contributed by atoms with Crippen LogP contribution in [0.15, 0.2) is 12.3 Å². The Morgan fingerprint density at radius 1 is 1.72 bits per heavy atom. The van der Waals surface area contributed by atoms with E-state index < -0.39 is 0 Å². The minimum atomic E-state index is -0.0661. The number of rotatable bonds is 6. The van der Waals surface area contributed by atoms with Crippen LogP contribution >= 0.6 is 0 Å². The average Bonchev–Trinajstić information content (AvgIpc) is 3.00. The van der Waals surface area contributed by atoms with E-state index in [1.807, 2.05) is 16.9 Å². The van der Waals surface area contributed by atoms with E-state index in [9.17, 15) is 4.79 Å². The molecule has 1 unspecified atom stereocenters. The average molecular weight is 252 g/mol. The zero-order chi connectivity index (χ0) is 12.8. The summed E-state index contributed by atoms with van der Waals surface area (Å²) in [5.74, 6) is 0.626. The van der Waals surface area contributed by atoms with Crippen molar-refractivity contribution in [3.63, 3.8) is 0 Å². The second-order valence-corrected chi connectivity index (χ2v) is 4.45. The molecule has 2 heterocycles. The van der Waals surface area contributed by atoms with Gasteiger partial charge in [-0.25, -0.2) is 0 Å². The van der Waals surface area contributed by atoms with E-state index in [2.05, 4.69) is 15.7 Å². The Kier molecular flexibility index (Phi) is 4.72. The topological polar surface area (TPSA) is 68.2 Å². The number of aryl methyl sites for hydroxylation is 1. The van der Waals surface area contributed by atoms with Crippen LogP contribution in [0.5, 0.6) is 0 Å². The third-order valence-electron chi connectivity index (χ3n) is 3.00. The molecule has 0 bridgehead atoms. The van der Waals surface area contributed by atoms with Gasteiger partial charge in [0, 0.05) is 32.5 Å². The Labute approximate surface area is 107 Å². The lowest BCUT2D eigenvalue weighted by Gasteiger charge is -2.08. The quantitative estimate of drug-likeness (QED) is 0.728. The predicted molar refractivity (Wildman–Crippen MR) is 68.4 cm³/mol. The Balaban J connectivity index is 1.80. The van der Waals surface area contributed by atoms with E-state index >= 15 is 0 Å². The Morgan fingerprint density at radius 3 is 3.33 bits per heavy atom. The van der Waals surface area contributed by atoms with Crippen molar-refractivity contribution in [1.82, 2.24) is 15.1 Å². The summed E-state index contributed by atoms with van der Waals surface area (Å²) in [5.41, 5.74) is 0. The van der Waals surface area contributed by atoms with E-state index in [4.69, 9.17) is 4.74 Å². The third kappa shape index (κ3) is 3.54. The standard InChI is InChI=1S/C12H20N4O2/c1-18-9-3-7-16-8-5-11(15-16)14-12(17)10-4-2-6-13-10/h5,8,10,13H,2-4,6-7,9H2,1H3,(H,14,15,17). The SMILES string of the molecule is COCCCn1ccc(NC(=O)C2CCCN2)n1. The van der Waals surface area contributed by atoms with Crippen LogP contribution in [-0.2, 0) is 16.1 Å². The summed E-state index contributed by atoms with van der Waals surface area (Å²) in [6, 6.07) is 1.75. The number of nitrogens with zero attached hydrogens (tertiary/aromatic N) is 2. The molecule has 1 fully saturated rings. The van der Waals surface area contributed by atoms with E-state index in [0.717, 1.165) is 32.4 Å². The van der Waals surface area contributed by atoms with Crippen LogP contribution in [0.4, 0.5) is 5.82 Å². The Bertz CT molecular complexity index is 385. The summed E-state index contributed by atoms with van der Waals surface area (Å²) >= 11 is 0. The summed E-state index contributed by atoms with van der Waals surface area (Å²) < 4.78 is 6.80. The van der Waals surface area contributed by atoms with Gasteiger partial charge in [-0.1, -0.05) is 0 Å². The molecule has 1 aliphatic heterocycles. The fraction of sp³-hybridized carbons (Fsp3) is 0.667. The fourth-order valence-corrected chi connectivity index (χ4v) is 2.05. The molecule has 1 aromatic rings. The van der Waals surface area contributed by atoms with Gasteiger partial charge in [0.15, 0.2) is 5.82 Å². The number of ether oxygens (including phenoxy) is 1. The van der Waals surface area contributed by atoms with Gasteiger partial charge in [-0.2, -0.15) is 5.10 Å². The van der Waals surface area contributed by atoms with Gasteiger partial charge in [-0.15, -0.1) is 0 Å². The first-order chi connectivity index (χ1) is 8.79. The number of carbonyl (C=O) groups excluding carboxylic acids is 1. The molecule has 18 heavy (non-hydrogen) atoms. The van der Waals surface area contributed by atoms with E-state index in [0.29, 0.717) is 12.4 Å². The molecule has 0 radical (unpaired) electrons. The highest BCUT2D eigenvalue weighted by Gasteiger charge is 2.22. The first-order valence-corrected chi connectivity index (χ1v) is 6.36. The summed E-state index contributed by atoms with van der Waals surface area (Å²) in [7, 11) is 1.68. The first-order valence-electron chi connectivity index (χ1n) is 6.36. The van der Waals surface area contributed by atoms with Gasteiger partial charge in [-0.05, 0) is 25.8 Å². The molecule has 1 atom stereocenters. The lowest BCUT2D eigenvalue weighted by molar-refractivity contribution is -0.117. The normalized spacial score (nSPS) is 19.1. The van der Waals surface area contributed by atoms with Crippen LogP contribution in [0.1, 0.15) is 19.3 Å². The maximum atomic E-state index is 11.8. The molecule has 0 saturated carbocycles. The van der Waals surface area contributed by atoms with Crippen molar-refractivity contribution < 1.29 is 9.53 Å². The van der Waals surface area contributed by atoms with Crippen LogP contribution in [-0.4, -0.2) is 42.0 Å². The summed E-state index contributed by atoms with van der Waals surface area (Å²) in [4.78, 5) is 11.8. The minimum absolute atomic E-state index is 0.00893. The van der Waals surface area contributed by atoms with Crippen LogP contribution in [0.3, 0.4) is 0 Å². The van der Waals surface area contributed by atoms with Gasteiger partial charge < -0.3 is 15.4 Å². The lowest BCUT2D eigenvalue weighted by atomic mass is 10.2. The van der Waals surface area contributed by atoms with Crippen molar-refractivity contribution in [2.24, 2.45) is 0 Å². The van der Waals surface area contributed by atoms with Crippen LogP contribution in [0.2, 0.25) is 0 Å². The molecule has 6 nitrogen and oxygen atoms in total. The molecule has 1 aliphatic rings. The summed E-state index contributed by atoms with van der Waals surface area (Å²) in [6.07, 6.45) is 4.74. The van der Waals surface area contributed by atoms with E-state index in [1.54, 1.807) is 7.11 Å². The Hall–Kier alpha value is -1.40. The van der Waals surface area contributed by atoms with Crippen LogP contribution < -0.4 is 10.6 Å². The van der Waals surface area contributed by atoms with Gasteiger partial charge in [0.25, 0.3) is 0 Å². The zero-order valence-electron chi connectivity index (χ0n) is 10.7. The zero-order valence-corrected chi connectivity index (χ0v) is 10.7. The largest absolute Gasteiger partial charge is 0.385 e. The van der Waals surface area contributed by atoms with Crippen LogP contribution in [0, 0.1) is 0 Å². The highest BCUT2D eigenvalue weighted by molar-refractivity contribution is 5.94. The van der Waals surface area contributed by atoms with Crippen molar-refractivity contribution in [1.29, 1.82) is 0 Å². The first kappa shape index (κ1) is 13.0. The van der Waals surface area contributed by atoms with Gasteiger partial charge >= 0.3 is 0 Å². The van der Waals surface area contributed by atoms with Gasteiger partial charge in [0.05, 0.1) is 6.04 Å². The molecule has 1 amide bonds. The molecule has 2 N–H and O–H groups in total. The van der Waals surface area contributed by atoms with Crippen molar-refractivity contribution in [2.75, 3.05) is 25.6 Å². The molecule has 100 valence electrons. The second-order valence-electron chi connectivity index (χ2n) is 4.45. The monoisotopic (exact) mass is 252 g/mol. The van der Waals surface area contributed by atoms with Crippen molar-refractivity contribution >= 4 is 11.7 Å². The molecule has 2 rings (SSSR count). The number of hydrogen-bond donors (Lipinski definition) is 2. The van der Waals surface area contributed by atoms with Crippen LogP contribution in [0.25, 0.3) is 0 Å². The maximum Gasteiger partial charge on any atom is 0.242 e. The molecule has 0 aliphatic carbocycles. The molecule has 0 aromatic carbocycles. The number of anilines is 1. The third-order valence-corrected chi connectivity index (χ3v) is 3.00. The van der Waals surface area contributed by atoms with E-state index in [-0.39, 0.29) is 11.9 Å². The number of carbonyl (C=O) groups is 1. The smallest absolute Gasteiger partial charge is 0.242 e. The molecule has 6 heteroatoms. The predicted octanol–water partition coefficient (Wildman–Crippen LogP) is 0.610. The van der Waals surface area contributed by atoms with Gasteiger partial charge in [0.1, 0.15) is 0 Å². The minimum Gasteiger partial charge on any atom is -0.385 e. The van der Waals surface area contributed by atoms with Crippen molar-refractivity contribution in [2.45, 2.75) is 31.8 Å². The second kappa shape index (κ2) is 6.51. The van der Waals surface area contributed by atoms with Crippen molar-refractivity contribution in [3.8, 4) is 0 Å². The van der Waals surface area contributed by atoms with E-state index in [1.165, 1.54) is 0 Å². The number of nitrogens with one attached hydrogen (secondary N) is 2. The van der Waals surface area contributed by atoms with Gasteiger partial charge in [-0.3, -0.25) is 9.48 Å². The number of hydrogen-bond acceptors (Lipinski definition) is 4. The number of amides is 1. The molecular formula is C12H20N4O2. The fourth-order valence-electron chi connectivity index (χ4n) is 2.05. The highest BCUT2D eigenvalue weighted by atomic mass is 16.5. The maximum absolute atomic E-state index is 11.8. The molecule has 1 saturated heterocycles. The molecular weight excluding hydrogens is 232 g/mol. The molecule has 1 aromatic heterocycles. The lowest BCUT2D eigenvalue weighted by Crippen LogP contribution is -2.35. The molecule has 0 spiro atoms. The Morgan fingerprint density at radius 2 is 2.61 bits per heavy atom. The summed E-state index contributed by atoms with van der Waals surface area (Å²) in [5, 5.41) is 10.3. The number of aromatic nitrogens is 2. The summed E-state index contributed by atoms with van der Waals surface area (Å²) in [6.45, 7) is 2.43. The highest BCUT2D eigenvalue weighted by Crippen LogP contribution is 2.09. The van der Waals surface area contributed by atoms with Gasteiger partial charge in [0.2, 0.25) is 5.91 Å². The van der Waals surface area contributed by atoms with Crippen molar-refractivity contribution in [3.05, 3.63) is 12.3 Å².